The van der Waals surface area contributed by atoms with Crippen molar-refractivity contribution in [2.24, 2.45) is 0 Å². The van der Waals surface area contributed by atoms with Crippen molar-refractivity contribution >= 4 is 45.0 Å². The summed E-state index contributed by atoms with van der Waals surface area (Å²) in [5.74, 6) is -3.04. The van der Waals surface area contributed by atoms with Gasteiger partial charge in [0.1, 0.15) is 35.5 Å². The lowest BCUT2D eigenvalue weighted by molar-refractivity contribution is -0.131. The zero-order valence-corrected chi connectivity index (χ0v) is 27.8. The Hall–Kier alpha value is -4.47. The highest BCUT2D eigenvalue weighted by molar-refractivity contribution is 6.36. The highest BCUT2D eigenvalue weighted by Gasteiger charge is 2.49. The molecule has 4 aromatic rings. The Kier molecular flexibility index (Phi) is 8.83. The fourth-order valence-corrected chi connectivity index (χ4v) is 8.27. The lowest BCUT2D eigenvalue weighted by atomic mass is 9.95. The van der Waals surface area contributed by atoms with Crippen LogP contribution >= 0.6 is 11.6 Å². The normalized spacial score (nSPS) is 22.4. The van der Waals surface area contributed by atoms with Crippen LogP contribution in [-0.2, 0) is 4.79 Å². The first-order chi connectivity index (χ1) is 23.7. The summed E-state index contributed by atoms with van der Waals surface area (Å²) in [7, 11) is 0. The quantitative estimate of drug-likeness (QED) is 0.146. The molecule has 1 amide bonds. The number of benzene rings is 2. The number of fused-ring (bicyclic) bond motifs is 3. The van der Waals surface area contributed by atoms with Crippen LogP contribution < -0.4 is 9.64 Å². The largest absolute Gasteiger partial charge is 0.461 e. The van der Waals surface area contributed by atoms with Crippen LogP contribution in [0, 0.1) is 18.2 Å². The van der Waals surface area contributed by atoms with Gasteiger partial charge in [-0.2, -0.15) is 9.97 Å². The molecule has 0 N–H and O–H groups in total. The number of pyridine rings is 1. The molecule has 3 aliphatic rings. The van der Waals surface area contributed by atoms with Crippen LogP contribution in [0.25, 0.3) is 37.8 Å². The Morgan fingerprint density at radius 1 is 1.16 bits per heavy atom. The van der Waals surface area contributed by atoms with Crippen LogP contribution in [0.5, 0.6) is 6.01 Å². The van der Waals surface area contributed by atoms with Gasteiger partial charge in [-0.1, -0.05) is 49.4 Å². The van der Waals surface area contributed by atoms with Crippen molar-refractivity contribution in [2.45, 2.75) is 56.7 Å². The number of ether oxygens (including phenoxy) is 1. The molecule has 3 saturated heterocycles. The van der Waals surface area contributed by atoms with Gasteiger partial charge in [0.05, 0.1) is 15.9 Å². The van der Waals surface area contributed by atoms with Crippen LogP contribution in [0.15, 0.2) is 48.9 Å². The van der Waals surface area contributed by atoms with Crippen molar-refractivity contribution in [1.29, 1.82) is 0 Å². The highest BCUT2D eigenvalue weighted by atomic mass is 35.5. The van der Waals surface area contributed by atoms with Gasteiger partial charge in [-0.05, 0) is 50.1 Å². The summed E-state index contributed by atoms with van der Waals surface area (Å²) in [6.45, 7) is 14.5. The fraction of sp³-hybridized carbons (Fsp3) is 0.417. The second-order valence-electron chi connectivity index (χ2n) is 13.0. The number of halogens is 4. The van der Waals surface area contributed by atoms with Crippen molar-refractivity contribution in [1.82, 2.24) is 24.8 Å². The van der Waals surface area contributed by atoms with Gasteiger partial charge in [-0.3, -0.25) is 14.7 Å². The smallest absolute Gasteiger partial charge is 0.319 e. The first-order valence-electron chi connectivity index (χ1n) is 16.5. The van der Waals surface area contributed by atoms with Gasteiger partial charge in [-0.25, -0.2) is 19.7 Å². The van der Waals surface area contributed by atoms with Gasteiger partial charge >= 0.3 is 6.01 Å². The number of aromatic nitrogens is 3. The molecule has 49 heavy (non-hydrogen) atoms. The van der Waals surface area contributed by atoms with Crippen molar-refractivity contribution in [3.8, 4) is 17.3 Å². The van der Waals surface area contributed by atoms with E-state index in [-0.39, 0.29) is 59.3 Å². The molecule has 0 spiro atoms. The Balaban J connectivity index is 1.33. The van der Waals surface area contributed by atoms with E-state index < -0.39 is 29.4 Å². The molecule has 9 nitrogen and oxygen atoms in total. The Bertz CT molecular complexity index is 2020. The molecule has 7 rings (SSSR count). The van der Waals surface area contributed by atoms with Gasteiger partial charge in [-0.15, -0.1) is 0 Å². The predicted molar refractivity (Wildman–Crippen MR) is 182 cm³/mol. The first-order valence-corrected chi connectivity index (χ1v) is 16.9. The Labute approximate surface area is 287 Å². The van der Waals surface area contributed by atoms with Gasteiger partial charge < -0.3 is 19.4 Å². The van der Waals surface area contributed by atoms with Crippen LogP contribution in [0.1, 0.15) is 39.0 Å². The second kappa shape index (κ2) is 13.1. The summed E-state index contributed by atoms with van der Waals surface area (Å²) in [4.78, 5) is 35.6. The first kappa shape index (κ1) is 33.0. The molecule has 2 unspecified atom stereocenters. The monoisotopic (exact) mass is 689 g/mol. The number of rotatable bonds is 8. The number of hydrogen-bond donors (Lipinski definition) is 0. The maximum Gasteiger partial charge on any atom is 0.319 e. The molecule has 0 saturated carbocycles. The average Bonchev–Trinajstić information content (AvgIpc) is 3.68. The van der Waals surface area contributed by atoms with Crippen molar-refractivity contribution in [3.05, 3.63) is 77.0 Å². The minimum Gasteiger partial charge on any atom is -0.461 e. The molecule has 3 aliphatic heterocycles. The van der Waals surface area contributed by atoms with Crippen molar-refractivity contribution in [3.63, 3.8) is 0 Å². The van der Waals surface area contributed by atoms with Gasteiger partial charge in [0.15, 0.2) is 11.6 Å². The molecule has 2 aromatic heterocycles. The molecule has 3 fully saturated rings. The van der Waals surface area contributed by atoms with E-state index in [0.717, 1.165) is 38.6 Å². The Morgan fingerprint density at radius 3 is 2.78 bits per heavy atom. The van der Waals surface area contributed by atoms with Gasteiger partial charge in [0.2, 0.25) is 6.54 Å². The van der Waals surface area contributed by atoms with Crippen LogP contribution in [0.2, 0.25) is 5.02 Å². The lowest BCUT2D eigenvalue weighted by Gasteiger charge is -2.39. The lowest BCUT2D eigenvalue weighted by Crippen LogP contribution is -2.56. The van der Waals surface area contributed by atoms with E-state index in [4.69, 9.17) is 27.9 Å². The zero-order chi connectivity index (χ0) is 34.4. The molecular formula is C36H35ClF3N7O2. The minimum absolute atomic E-state index is 0.0147. The molecule has 0 aliphatic carbocycles. The van der Waals surface area contributed by atoms with Crippen LogP contribution in [0.3, 0.4) is 0 Å². The highest BCUT2D eigenvalue weighted by Crippen LogP contribution is 2.44. The second-order valence-corrected chi connectivity index (χ2v) is 13.4. The third kappa shape index (κ3) is 5.72. The van der Waals surface area contributed by atoms with Crippen LogP contribution in [0.4, 0.5) is 19.0 Å². The molecule has 0 radical (unpaired) electrons. The SMILES string of the molecule is [C-]#[N+]C[C@H]1CN(c2nc(OCC34CCCN3C(CC)CC4)nc3c(F)c(-c4cccc5ccc(F)c(Cl)c45)ncc23)CCN1C(=O)C(=C)F. The molecule has 5 heterocycles. The topological polar surface area (TPSA) is 79.1 Å². The van der Waals surface area contributed by atoms with E-state index in [1.54, 1.807) is 24.3 Å². The Morgan fingerprint density at radius 2 is 2.00 bits per heavy atom. The zero-order valence-electron chi connectivity index (χ0n) is 27.1. The van der Waals surface area contributed by atoms with Crippen molar-refractivity contribution < 1.29 is 22.7 Å². The third-order valence-electron chi connectivity index (χ3n) is 10.4. The summed E-state index contributed by atoms with van der Waals surface area (Å²) >= 11 is 6.40. The standard InChI is InChI=1S/C36H35ClF3N7O2/c1-4-23-11-13-36(12-6-14-47(23)36)20-49-35-43-32-26(33(44-35)45-15-16-46(34(48)21(2)38)24(19-45)17-41-3)18-42-31(30(32)40)25-8-5-7-22-9-10-27(39)29(37)28(22)25/h5,7-10,18,23-24H,2,4,6,11-17,19-20H2,1H3/t23?,24-,36?/m0/s1. The molecule has 2 aromatic carbocycles. The van der Waals surface area contributed by atoms with Crippen molar-refractivity contribution in [2.75, 3.05) is 44.2 Å². The predicted octanol–water partition coefficient (Wildman–Crippen LogP) is 6.98. The molecule has 254 valence electrons. The molecule has 0 bridgehead atoms. The minimum atomic E-state index is -1.10. The van der Waals surface area contributed by atoms with Gasteiger partial charge in [0.25, 0.3) is 5.91 Å². The summed E-state index contributed by atoms with van der Waals surface area (Å²) in [5, 5.41) is 1.09. The molecule has 3 atom stereocenters. The molecule has 13 heteroatoms. The molecular weight excluding hydrogens is 655 g/mol. The van der Waals surface area contributed by atoms with E-state index in [2.05, 4.69) is 33.2 Å². The number of anilines is 1. The number of piperazine rings is 1. The fourth-order valence-electron chi connectivity index (χ4n) is 7.99. The number of nitrogens with zero attached hydrogens (tertiary/aromatic N) is 7. The number of carbonyl (C=O) groups excluding carboxylic acids is 1. The van der Waals surface area contributed by atoms with E-state index in [9.17, 15) is 13.6 Å². The number of hydrogen-bond acceptors (Lipinski definition) is 7. The summed E-state index contributed by atoms with van der Waals surface area (Å²) in [6.07, 6.45) is 6.64. The maximum atomic E-state index is 16.8. The van der Waals surface area contributed by atoms with E-state index >= 15 is 4.39 Å². The van der Waals surface area contributed by atoms with Crippen LogP contribution in [-0.4, -0.2) is 87.6 Å². The summed E-state index contributed by atoms with van der Waals surface area (Å²) in [5.41, 5.74) is 0.0419. The average molecular weight is 690 g/mol. The van der Waals surface area contributed by atoms with E-state index in [1.807, 2.05) is 4.90 Å². The third-order valence-corrected chi connectivity index (χ3v) is 10.8. The van der Waals surface area contributed by atoms with E-state index in [0.29, 0.717) is 34.8 Å². The van der Waals surface area contributed by atoms with Gasteiger partial charge in [0, 0.05) is 42.8 Å². The summed E-state index contributed by atoms with van der Waals surface area (Å²) in [6, 6.07) is 7.76. The maximum absolute atomic E-state index is 16.8. The summed E-state index contributed by atoms with van der Waals surface area (Å²) < 4.78 is 51.7. The number of carbonyl (C=O) groups is 1. The number of amides is 1. The van der Waals surface area contributed by atoms with E-state index in [1.165, 1.54) is 17.2 Å².